The van der Waals surface area contributed by atoms with E-state index in [1.54, 1.807) is 24.2 Å². The molecule has 0 aliphatic heterocycles. The van der Waals surface area contributed by atoms with Gasteiger partial charge in [0.1, 0.15) is 0 Å². The number of rotatable bonds is 7. The number of aromatic nitrogens is 1. The molecular weight excluding hydrogens is 236 g/mol. The fourth-order valence-corrected chi connectivity index (χ4v) is 2.07. The molecular formula is C12H18N2O2S. The van der Waals surface area contributed by atoms with E-state index in [4.69, 9.17) is 5.11 Å². The Kier molecular flexibility index (Phi) is 6.65. The summed E-state index contributed by atoms with van der Waals surface area (Å²) in [5.74, 6) is 1.50. The van der Waals surface area contributed by atoms with Crippen LogP contribution in [0.15, 0.2) is 24.5 Å². The highest BCUT2D eigenvalue weighted by Gasteiger charge is 2.04. The van der Waals surface area contributed by atoms with Crippen LogP contribution in [-0.2, 0) is 11.3 Å². The fourth-order valence-electron chi connectivity index (χ4n) is 1.16. The second-order valence-electron chi connectivity index (χ2n) is 3.94. The van der Waals surface area contributed by atoms with Crippen LogP contribution in [0.2, 0.25) is 0 Å². The zero-order valence-electron chi connectivity index (χ0n) is 9.93. The van der Waals surface area contributed by atoms with Crippen molar-refractivity contribution in [3.05, 3.63) is 30.1 Å². The second kappa shape index (κ2) is 8.08. The summed E-state index contributed by atoms with van der Waals surface area (Å²) in [6.45, 7) is 2.65. The van der Waals surface area contributed by atoms with Gasteiger partial charge in [-0.05, 0) is 23.3 Å². The van der Waals surface area contributed by atoms with Crippen LogP contribution in [0.4, 0.5) is 0 Å². The summed E-state index contributed by atoms with van der Waals surface area (Å²) >= 11 is 1.54. The largest absolute Gasteiger partial charge is 0.396 e. The van der Waals surface area contributed by atoms with Crippen LogP contribution in [0.25, 0.3) is 0 Å². The Labute approximate surface area is 106 Å². The van der Waals surface area contributed by atoms with E-state index < -0.39 is 0 Å². The number of carbonyl (C=O) groups is 1. The van der Waals surface area contributed by atoms with Gasteiger partial charge in [0.25, 0.3) is 0 Å². The molecule has 1 aromatic heterocycles. The molecule has 0 aliphatic carbocycles. The number of thioether (sulfide) groups is 1. The molecule has 0 saturated heterocycles. The summed E-state index contributed by atoms with van der Waals surface area (Å²) in [7, 11) is 0. The number of aliphatic hydroxyl groups excluding tert-OH is 1. The highest BCUT2D eigenvalue weighted by molar-refractivity contribution is 7.99. The lowest BCUT2D eigenvalue weighted by Crippen LogP contribution is -2.25. The first kappa shape index (κ1) is 14.0. The van der Waals surface area contributed by atoms with Gasteiger partial charge < -0.3 is 10.4 Å². The summed E-state index contributed by atoms with van der Waals surface area (Å²) in [6.07, 6.45) is 3.44. The summed E-state index contributed by atoms with van der Waals surface area (Å²) in [5, 5.41) is 11.7. The molecule has 0 fully saturated rings. The molecule has 1 rings (SSSR count). The molecule has 1 amide bonds. The third-order valence-electron chi connectivity index (χ3n) is 2.16. The van der Waals surface area contributed by atoms with Gasteiger partial charge in [-0.2, -0.15) is 11.8 Å². The van der Waals surface area contributed by atoms with Gasteiger partial charge in [0, 0.05) is 25.5 Å². The van der Waals surface area contributed by atoms with Crippen molar-refractivity contribution in [3.8, 4) is 0 Å². The van der Waals surface area contributed by atoms with Gasteiger partial charge in [0.15, 0.2) is 0 Å². The van der Waals surface area contributed by atoms with Gasteiger partial charge in [0.2, 0.25) is 5.91 Å². The Balaban J connectivity index is 2.13. The molecule has 1 atom stereocenters. The lowest BCUT2D eigenvalue weighted by atomic mass is 10.2. The average molecular weight is 254 g/mol. The number of hydrogen-bond acceptors (Lipinski definition) is 4. The minimum Gasteiger partial charge on any atom is -0.396 e. The van der Waals surface area contributed by atoms with Gasteiger partial charge in [0.05, 0.1) is 5.75 Å². The smallest absolute Gasteiger partial charge is 0.230 e. The van der Waals surface area contributed by atoms with Crippen LogP contribution in [0.3, 0.4) is 0 Å². The molecule has 4 nitrogen and oxygen atoms in total. The van der Waals surface area contributed by atoms with E-state index in [-0.39, 0.29) is 18.4 Å². The minimum absolute atomic E-state index is 0.0176. The molecule has 0 radical (unpaired) electrons. The summed E-state index contributed by atoms with van der Waals surface area (Å²) in [5.41, 5.74) is 0.995. The molecule has 0 saturated carbocycles. The van der Waals surface area contributed by atoms with Crippen molar-refractivity contribution in [1.29, 1.82) is 0 Å². The van der Waals surface area contributed by atoms with Crippen molar-refractivity contribution in [3.63, 3.8) is 0 Å². The van der Waals surface area contributed by atoms with Gasteiger partial charge in [-0.15, -0.1) is 0 Å². The number of pyridine rings is 1. The summed E-state index contributed by atoms with van der Waals surface area (Å²) < 4.78 is 0. The number of carbonyl (C=O) groups excluding carboxylic acids is 1. The fraction of sp³-hybridized carbons (Fsp3) is 0.500. The Morgan fingerprint density at radius 1 is 1.65 bits per heavy atom. The predicted octanol–water partition coefficient (Wildman–Crippen LogP) is 1.06. The average Bonchev–Trinajstić information content (AvgIpc) is 2.37. The standard InChI is InChI=1S/C12H18N2O2S/c1-10(7-15)8-17-9-12(16)14-6-11-3-2-4-13-5-11/h2-5,10,15H,6-9H2,1H3,(H,14,16). The van der Waals surface area contributed by atoms with E-state index in [2.05, 4.69) is 10.3 Å². The zero-order chi connectivity index (χ0) is 12.5. The number of nitrogens with one attached hydrogen (secondary N) is 1. The Hall–Kier alpha value is -1.07. The molecule has 0 aromatic carbocycles. The first-order valence-electron chi connectivity index (χ1n) is 5.56. The van der Waals surface area contributed by atoms with Crippen LogP contribution < -0.4 is 5.32 Å². The van der Waals surface area contributed by atoms with Crippen LogP contribution >= 0.6 is 11.8 Å². The summed E-state index contributed by atoms with van der Waals surface area (Å²) in [6, 6.07) is 3.77. The van der Waals surface area contributed by atoms with E-state index in [9.17, 15) is 4.79 Å². The van der Waals surface area contributed by atoms with Gasteiger partial charge in [-0.3, -0.25) is 9.78 Å². The maximum absolute atomic E-state index is 11.5. The topological polar surface area (TPSA) is 62.2 Å². The van der Waals surface area contributed by atoms with Crippen molar-refractivity contribution in [2.75, 3.05) is 18.1 Å². The molecule has 17 heavy (non-hydrogen) atoms. The molecule has 0 aliphatic rings. The number of amides is 1. The molecule has 94 valence electrons. The third-order valence-corrected chi connectivity index (χ3v) is 3.43. The molecule has 1 unspecified atom stereocenters. The van der Waals surface area contributed by atoms with Crippen molar-refractivity contribution < 1.29 is 9.90 Å². The molecule has 1 heterocycles. The van der Waals surface area contributed by atoms with E-state index >= 15 is 0 Å². The van der Waals surface area contributed by atoms with E-state index in [0.717, 1.165) is 11.3 Å². The van der Waals surface area contributed by atoms with Crippen LogP contribution in [0, 0.1) is 5.92 Å². The first-order chi connectivity index (χ1) is 8.22. The van der Waals surface area contributed by atoms with Crippen molar-refractivity contribution in [1.82, 2.24) is 10.3 Å². The molecule has 1 aromatic rings. The van der Waals surface area contributed by atoms with Gasteiger partial charge >= 0.3 is 0 Å². The minimum atomic E-state index is 0.0176. The van der Waals surface area contributed by atoms with Crippen LogP contribution in [-0.4, -0.2) is 34.1 Å². The maximum Gasteiger partial charge on any atom is 0.230 e. The molecule has 0 bridgehead atoms. The third kappa shape index (κ3) is 6.28. The number of hydrogen-bond donors (Lipinski definition) is 2. The lowest BCUT2D eigenvalue weighted by Gasteiger charge is -2.07. The van der Waals surface area contributed by atoms with Crippen molar-refractivity contribution in [2.45, 2.75) is 13.5 Å². The predicted molar refractivity (Wildman–Crippen MR) is 69.7 cm³/mol. The molecule has 2 N–H and O–H groups in total. The zero-order valence-corrected chi connectivity index (χ0v) is 10.7. The quantitative estimate of drug-likeness (QED) is 0.764. The molecule has 0 spiro atoms. The van der Waals surface area contributed by atoms with Crippen molar-refractivity contribution in [2.24, 2.45) is 5.92 Å². The SMILES string of the molecule is CC(CO)CSCC(=O)NCc1cccnc1. The normalized spacial score (nSPS) is 12.1. The van der Waals surface area contributed by atoms with Crippen LogP contribution in [0.1, 0.15) is 12.5 Å². The van der Waals surface area contributed by atoms with Gasteiger partial charge in [-0.1, -0.05) is 13.0 Å². The van der Waals surface area contributed by atoms with E-state index in [0.29, 0.717) is 12.3 Å². The lowest BCUT2D eigenvalue weighted by molar-refractivity contribution is -0.118. The maximum atomic E-state index is 11.5. The Bertz CT molecular complexity index is 333. The van der Waals surface area contributed by atoms with E-state index in [1.165, 1.54) is 0 Å². The summed E-state index contributed by atoms with van der Waals surface area (Å²) in [4.78, 5) is 15.4. The van der Waals surface area contributed by atoms with Crippen molar-refractivity contribution >= 4 is 17.7 Å². The highest BCUT2D eigenvalue weighted by Crippen LogP contribution is 2.07. The second-order valence-corrected chi connectivity index (χ2v) is 4.97. The Morgan fingerprint density at radius 2 is 2.47 bits per heavy atom. The van der Waals surface area contributed by atoms with Gasteiger partial charge in [-0.25, -0.2) is 0 Å². The van der Waals surface area contributed by atoms with Crippen LogP contribution in [0.5, 0.6) is 0 Å². The first-order valence-corrected chi connectivity index (χ1v) is 6.72. The van der Waals surface area contributed by atoms with E-state index in [1.807, 2.05) is 19.1 Å². The monoisotopic (exact) mass is 254 g/mol. The molecule has 5 heteroatoms. The Morgan fingerprint density at radius 3 is 3.12 bits per heavy atom. The number of nitrogens with zero attached hydrogens (tertiary/aromatic N) is 1. The highest BCUT2D eigenvalue weighted by atomic mass is 32.2. The number of aliphatic hydroxyl groups is 1.